The maximum Gasteiger partial charge on any atom is 0.213 e. The molecule has 0 saturated carbocycles. The Morgan fingerprint density at radius 1 is 1.71 bits per heavy atom. The summed E-state index contributed by atoms with van der Waals surface area (Å²) in [6, 6.07) is 0. The van der Waals surface area contributed by atoms with Crippen molar-refractivity contribution in [2.75, 3.05) is 13.1 Å². The van der Waals surface area contributed by atoms with Gasteiger partial charge < -0.3 is 9.63 Å². The molecule has 1 saturated heterocycles. The van der Waals surface area contributed by atoms with Crippen molar-refractivity contribution in [2.24, 2.45) is 0 Å². The minimum absolute atomic E-state index is 0.567. The molecule has 1 aliphatic heterocycles. The van der Waals surface area contributed by atoms with Crippen molar-refractivity contribution in [3.63, 3.8) is 0 Å². The van der Waals surface area contributed by atoms with Crippen LogP contribution in [0.15, 0.2) is 10.9 Å². The molecule has 1 aromatic rings. The molecule has 1 fully saturated rings. The molecule has 0 aliphatic carbocycles. The van der Waals surface area contributed by atoms with Gasteiger partial charge in [-0.25, -0.2) is 0 Å². The Labute approximate surface area is 82.7 Å². The standard InChI is InChI=1S/C9H15N3O2/c1-9(13)3-2-4-12(6-9)5-8-10-7-14-11-8/h7,13H,2-6H2,1H3. The van der Waals surface area contributed by atoms with Crippen molar-refractivity contribution in [3.05, 3.63) is 12.2 Å². The van der Waals surface area contributed by atoms with Gasteiger partial charge in [-0.05, 0) is 26.3 Å². The lowest BCUT2D eigenvalue weighted by Crippen LogP contribution is -2.45. The first-order valence-corrected chi connectivity index (χ1v) is 4.86. The van der Waals surface area contributed by atoms with Crippen LogP contribution in [0.4, 0.5) is 0 Å². The third-order valence-corrected chi connectivity index (χ3v) is 2.53. The van der Waals surface area contributed by atoms with E-state index in [1.54, 1.807) is 0 Å². The summed E-state index contributed by atoms with van der Waals surface area (Å²) in [6.45, 7) is 4.20. The van der Waals surface area contributed by atoms with Gasteiger partial charge in [-0.3, -0.25) is 4.90 Å². The summed E-state index contributed by atoms with van der Waals surface area (Å²) < 4.78 is 4.66. The number of hydrogen-bond donors (Lipinski definition) is 1. The Kier molecular flexibility index (Phi) is 2.52. The van der Waals surface area contributed by atoms with E-state index in [0.717, 1.165) is 19.4 Å². The van der Waals surface area contributed by atoms with Crippen LogP contribution >= 0.6 is 0 Å². The molecule has 1 atom stereocenters. The lowest BCUT2D eigenvalue weighted by Gasteiger charge is -2.36. The van der Waals surface area contributed by atoms with Crippen LogP contribution in [0, 0.1) is 0 Å². The Hall–Kier alpha value is -0.940. The maximum absolute atomic E-state index is 9.87. The van der Waals surface area contributed by atoms with Gasteiger partial charge in [0.1, 0.15) is 0 Å². The number of aliphatic hydroxyl groups is 1. The van der Waals surface area contributed by atoms with Crippen LogP contribution in [-0.2, 0) is 6.54 Å². The second-order valence-electron chi connectivity index (χ2n) is 4.16. The number of β-amino-alcohol motifs (C(OH)–C–C–N with tert-alkyl or cyclic N) is 1. The smallest absolute Gasteiger partial charge is 0.213 e. The molecule has 14 heavy (non-hydrogen) atoms. The van der Waals surface area contributed by atoms with E-state index in [-0.39, 0.29) is 0 Å². The molecule has 1 unspecified atom stereocenters. The molecule has 2 heterocycles. The van der Waals surface area contributed by atoms with Gasteiger partial charge in [-0.2, -0.15) is 4.98 Å². The van der Waals surface area contributed by atoms with Gasteiger partial charge >= 0.3 is 0 Å². The fraction of sp³-hybridized carbons (Fsp3) is 0.778. The molecule has 5 nitrogen and oxygen atoms in total. The van der Waals surface area contributed by atoms with Crippen LogP contribution in [-0.4, -0.2) is 38.8 Å². The van der Waals surface area contributed by atoms with Crippen molar-refractivity contribution in [1.82, 2.24) is 15.0 Å². The van der Waals surface area contributed by atoms with E-state index in [2.05, 4.69) is 19.6 Å². The number of rotatable bonds is 2. The molecule has 1 N–H and O–H groups in total. The second kappa shape index (κ2) is 3.67. The summed E-state index contributed by atoms with van der Waals surface area (Å²) in [5.41, 5.74) is -0.567. The second-order valence-corrected chi connectivity index (χ2v) is 4.16. The average Bonchev–Trinajstić information content (AvgIpc) is 2.54. The highest BCUT2D eigenvalue weighted by Gasteiger charge is 2.28. The van der Waals surface area contributed by atoms with Gasteiger partial charge in [0.15, 0.2) is 5.82 Å². The Morgan fingerprint density at radius 3 is 3.21 bits per heavy atom. The predicted molar refractivity (Wildman–Crippen MR) is 49.4 cm³/mol. The van der Waals surface area contributed by atoms with Crippen molar-refractivity contribution >= 4 is 0 Å². The summed E-state index contributed by atoms with van der Waals surface area (Å²) in [6.07, 6.45) is 3.22. The van der Waals surface area contributed by atoms with Gasteiger partial charge in [0, 0.05) is 6.54 Å². The zero-order valence-electron chi connectivity index (χ0n) is 8.31. The molecule has 0 amide bonds. The normalized spacial score (nSPS) is 29.3. The molecular weight excluding hydrogens is 182 g/mol. The van der Waals surface area contributed by atoms with Crippen LogP contribution in [0.2, 0.25) is 0 Å². The van der Waals surface area contributed by atoms with Gasteiger partial charge in [-0.1, -0.05) is 5.16 Å². The van der Waals surface area contributed by atoms with Crippen LogP contribution in [0.5, 0.6) is 0 Å². The van der Waals surface area contributed by atoms with Crippen LogP contribution in [0.25, 0.3) is 0 Å². The Bertz CT molecular complexity index is 284. The summed E-state index contributed by atoms with van der Waals surface area (Å²) in [7, 11) is 0. The quantitative estimate of drug-likeness (QED) is 0.744. The zero-order chi connectivity index (χ0) is 10.0. The molecule has 1 aliphatic rings. The maximum atomic E-state index is 9.87. The van der Waals surface area contributed by atoms with Crippen LogP contribution in [0.3, 0.4) is 0 Å². The molecule has 0 bridgehead atoms. The van der Waals surface area contributed by atoms with E-state index in [1.807, 2.05) is 6.92 Å². The highest BCUT2D eigenvalue weighted by Crippen LogP contribution is 2.20. The number of nitrogens with zero attached hydrogens (tertiary/aromatic N) is 3. The highest BCUT2D eigenvalue weighted by molar-refractivity contribution is 4.86. The summed E-state index contributed by atoms with van der Waals surface area (Å²) in [5, 5.41) is 13.6. The molecule has 1 aromatic heterocycles. The van der Waals surface area contributed by atoms with Crippen LogP contribution in [0.1, 0.15) is 25.6 Å². The molecule has 78 valence electrons. The number of piperidine rings is 1. The minimum atomic E-state index is -0.567. The lowest BCUT2D eigenvalue weighted by atomic mass is 9.95. The van der Waals surface area contributed by atoms with Gasteiger partial charge in [0.25, 0.3) is 0 Å². The summed E-state index contributed by atoms with van der Waals surface area (Å²) >= 11 is 0. The van der Waals surface area contributed by atoms with Crippen molar-refractivity contribution in [1.29, 1.82) is 0 Å². The number of likely N-dealkylation sites (tertiary alicyclic amines) is 1. The van der Waals surface area contributed by atoms with E-state index in [9.17, 15) is 5.11 Å². The summed E-state index contributed by atoms with van der Waals surface area (Å²) in [4.78, 5) is 6.10. The van der Waals surface area contributed by atoms with E-state index in [4.69, 9.17) is 0 Å². The van der Waals surface area contributed by atoms with Crippen molar-refractivity contribution in [2.45, 2.75) is 31.9 Å². The SMILES string of the molecule is CC1(O)CCCN(Cc2ncon2)C1. The molecule has 2 rings (SSSR count). The molecule has 0 spiro atoms. The molecule has 5 heteroatoms. The van der Waals surface area contributed by atoms with E-state index in [0.29, 0.717) is 18.9 Å². The van der Waals surface area contributed by atoms with Crippen molar-refractivity contribution in [3.8, 4) is 0 Å². The largest absolute Gasteiger partial charge is 0.389 e. The lowest BCUT2D eigenvalue weighted by molar-refractivity contribution is -0.0190. The Balaban J connectivity index is 1.92. The predicted octanol–water partition coefficient (Wildman–Crippen LogP) is 0.416. The molecular formula is C9H15N3O2. The monoisotopic (exact) mass is 197 g/mol. The zero-order valence-corrected chi connectivity index (χ0v) is 8.31. The first-order chi connectivity index (χ1) is 6.66. The van der Waals surface area contributed by atoms with E-state index >= 15 is 0 Å². The van der Waals surface area contributed by atoms with Crippen molar-refractivity contribution < 1.29 is 9.63 Å². The topological polar surface area (TPSA) is 62.4 Å². The average molecular weight is 197 g/mol. The number of aromatic nitrogens is 2. The Morgan fingerprint density at radius 2 is 2.57 bits per heavy atom. The van der Waals surface area contributed by atoms with Gasteiger partial charge in [0.05, 0.1) is 12.1 Å². The minimum Gasteiger partial charge on any atom is -0.389 e. The van der Waals surface area contributed by atoms with E-state index in [1.165, 1.54) is 6.39 Å². The fourth-order valence-electron chi connectivity index (χ4n) is 1.92. The van der Waals surface area contributed by atoms with E-state index < -0.39 is 5.60 Å². The van der Waals surface area contributed by atoms with Crippen LogP contribution < -0.4 is 0 Å². The fourth-order valence-corrected chi connectivity index (χ4v) is 1.92. The molecule has 0 aromatic carbocycles. The first kappa shape index (κ1) is 9.61. The van der Waals surface area contributed by atoms with Gasteiger partial charge in [-0.15, -0.1) is 0 Å². The number of hydrogen-bond acceptors (Lipinski definition) is 5. The third-order valence-electron chi connectivity index (χ3n) is 2.53. The third kappa shape index (κ3) is 2.30. The molecule has 0 radical (unpaired) electrons. The van der Waals surface area contributed by atoms with Gasteiger partial charge in [0.2, 0.25) is 6.39 Å². The first-order valence-electron chi connectivity index (χ1n) is 4.86. The highest BCUT2D eigenvalue weighted by atomic mass is 16.5. The summed E-state index contributed by atoms with van der Waals surface area (Å²) in [5.74, 6) is 0.683.